The van der Waals surface area contributed by atoms with Crippen molar-refractivity contribution in [3.05, 3.63) is 224 Å². The molecule has 0 radical (unpaired) electrons. The fraction of sp³-hybridized carbons (Fsp3) is 0. The molecule has 13 rings (SSSR count). The van der Waals surface area contributed by atoms with Crippen LogP contribution in [0.4, 0.5) is 0 Å². The largest absolute Gasteiger partial charge is 0.309 e. The van der Waals surface area contributed by atoms with Gasteiger partial charge in [-0.05, 0) is 107 Å². The number of rotatable bonds is 5. The van der Waals surface area contributed by atoms with Gasteiger partial charge in [0.1, 0.15) is 0 Å². The number of para-hydroxylation sites is 3. The third-order valence-corrected chi connectivity index (χ3v) is 12.8. The SMILES string of the molecule is c1ccc(-c2cccc(-n3c4ccccc4c4cc(-c5ccc6c(c5)c5c7c8ccccc8n(-c8ccccc8)c7ccc5n6-c5cccc6ccccc56)ccc43)c2)cc1. The average molecular weight is 776 g/mol. The minimum Gasteiger partial charge on any atom is -0.309 e. The van der Waals surface area contributed by atoms with Crippen molar-refractivity contribution in [3.8, 4) is 39.3 Å². The van der Waals surface area contributed by atoms with Crippen LogP contribution in [0.3, 0.4) is 0 Å². The Hall–Kier alpha value is -8.14. The van der Waals surface area contributed by atoms with Gasteiger partial charge in [-0.15, -0.1) is 0 Å². The van der Waals surface area contributed by atoms with Crippen LogP contribution < -0.4 is 0 Å². The molecule has 0 bridgehead atoms. The van der Waals surface area contributed by atoms with Gasteiger partial charge in [0.15, 0.2) is 0 Å². The first kappa shape index (κ1) is 33.8. The van der Waals surface area contributed by atoms with E-state index in [-0.39, 0.29) is 0 Å². The molecule has 3 nitrogen and oxygen atoms in total. The molecule has 10 aromatic carbocycles. The molecule has 0 N–H and O–H groups in total. The average Bonchev–Trinajstić information content (AvgIpc) is 3.97. The number of hydrogen-bond acceptors (Lipinski definition) is 0. The summed E-state index contributed by atoms with van der Waals surface area (Å²) in [6.45, 7) is 0. The molecule has 0 aliphatic carbocycles. The number of aromatic nitrogens is 3. The Morgan fingerprint density at radius 2 is 0.705 bits per heavy atom. The summed E-state index contributed by atoms with van der Waals surface area (Å²) in [4.78, 5) is 0. The van der Waals surface area contributed by atoms with E-state index in [0.29, 0.717) is 0 Å². The topological polar surface area (TPSA) is 14.8 Å². The number of benzene rings is 10. The van der Waals surface area contributed by atoms with Gasteiger partial charge in [0.25, 0.3) is 0 Å². The summed E-state index contributed by atoms with van der Waals surface area (Å²) in [7, 11) is 0. The first-order valence-corrected chi connectivity index (χ1v) is 21.0. The summed E-state index contributed by atoms with van der Waals surface area (Å²) < 4.78 is 7.33. The molecule has 13 aromatic rings. The molecule has 0 amide bonds. The lowest BCUT2D eigenvalue weighted by atomic mass is 9.99. The van der Waals surface area contributed by atoms with Crippen molar-refractivity contribution in [2.24, 2.45) is 0 Å². The smallest absolute Gasteiger partial charge is 0.0549 e. The Labute approximate surface area is 352 Å². The number of fused-ring (bicyclic) bond motifs is 11. The highest BCUT2D eigenvalue weighted by atomic mass is 15.0. The van der Waals surface area contributed by atoms with Crippen LogP contribution in [0, 0.1) is 0 Å². The predicted octanol–water partition coefficient (Wildman–Crippen LogP) is 15.5. The van der Waals surface area contributed by atoms with Gasteiger partial charge in [-0.2, -0.15) is 0 Å². The molecule has 0 aliphatic heterocycles. The second-order valence-electron chi connectivity index (χ2n) is 16.1. The molecular formula is C58H37N3. The van der Waals surface area contributed by atoms with E-state index in [4.69, 9.17) is 0 Å². The zero-order valence-corrected chi connectivity index (χ0v) is 33.2. The first-order valence-electron chi connectivity index (χ1n) is 21.0. The van der Waals surface area contributed by atoms with Crippen molar-refractivity contribution in [2.75, 3.05) is 0 Å². The fourth-order valence-electron chi connectivity index (χ4n) is 10.2. The van der Waals surface area contributed by atoms with Crippen molar-refractivity contribution in [2.45, 2.75) is 0 Å². The third kappa shape index (κ3) is 5.04. The Morgan fingerprint density at radius 3 is 1.49 bits per heavy atom. The van der Waals surface area contributed by atoms with E-state index in [1.54, 1.807) is 0 Å². The molecule has 0 fully saturated rings. The second kappa shape index (κ2) is 13.2. The van der Waals surface area contributed by atoms with Gasteiger partial charge in [0.05, 0.1) is 38.8 Å². The zero-order chi connectivity index (χ0) is 40.0. The number of nitrogens with zero attached hydrogens (tertiary/aromatic N) is 3. The highest BCUT2D eigenvalue weighted by Gasteiger charge is 2.22. The van der Waals surface area contributed by atoms with Crippen molar-refractivity contribution in [1.29, 1.82) is 0 Å². The molecule has 0 saturated heterocycles. The van der Waals surface area contributed by atoms with Crippen LogP contribution in [0.15, 0.2) is 224 Å². The van der Waals surface area contributed by atoms with Crippen LogP contribution in [-0.4, -0.2) is 13.7 Å². The Balaban J connectivity index is 1.08. The maximum absolute atomic E-state index is 2.49. The summed E-state index contributed by atoms with van der Waals surface area (Å²) in [6.07, 6.45) is 0. The molecule has 3 heterocycles. The summed E-state index contributed by atoms with van der Waals surface area (Å²) in [5.41, 5.74) is 15.5. The van der Waals surface area contributed by atoms with Crippen molar-refractivity contribution in [1.82, 2.24) is 13.7 Å². The van der Waals surface area contributed by atoms with Crippen LogP contribution in [0.2, 0.25) is 0 Å². The van der Waals surface area contributed by atoms with Gasteiger partial charge in [-0.1, -0.05) is 146 Å². The fourth-order valence-corrected chi connectivity index (χ4v) is 10.2. The summed E-state index contributed by atoms with van der Waals surface area (Å²) in [5, 5.41) is 9.97. The Kier molecular flexibility index (Phi) is 7.31. The molecule has 3 heteroatoms. The third-order valence-electron chi connectivity index (χ3n) is 12.8. The lowest BCUT2D eigenvalue weighted by molar-refractivity contribution is 1.18. The van der Waals surface area contributed by atoms with E-state index in [2.05, 4.69) is 238 Å². The van der Waals surface area contributed by atoms with Crippen LogP contribution in [-0.2, 0) is 0 Å². The molecular weight excluding hydrogens is 739 g/mol. The summed E-state index contributed by atoms with van der Waals surface area (Å²) in [6, 6.07) is 82.2. The number of hydrogen-bond donors (Lipinski definition) is 0. The van der Waals surface area contributed by atoms with Gasteiger partial charge in [0.2, 0.25) is 0 Å². The molecule has 0 aliphatic rings. The molecule has 61 heavy (non-hydrogen) atoms. The summed E-state index contributed by atoms with van der Waals surface area (Å²) >= 11 is 0. The highest BCUT2D eigenvalue weighted by Crippen LogP contribution is 2.45. The van der Waals surface area contributed by atoms with Crippen LogP contribution >= 0.6 is 0 Å². The van der Waals surface area contributed by atoms with E-state index in [9.17, 15) is 0 Å². The minimum absolute atomic E-state index is 1.15. The molecule has 0 saturated carbocycles. The van der Waals surface area contributed by atoms with Crippen LogP contribution in [0.25, 0.3) is 116 Å². The molecule has 0 atom stereocenters. The Morgan fingerprint density at radius 1 is 0.230 bits per heavy atom. The van der Waals surface area contributed by atoms with E-state index >= 15 is 0 Å². The standard InChI is InChI=1S/C58H37N3/c1-3-15-38(16-4-1)40-19-13-22-44(35-40)60-51-26-11-9-24-46(51)48-36-41(29-31-53(48)60)42-30-32-54-49(37-42)58-56(61(54)50-28-14-18-39-17-7-8-23-45(39)50)34-33-55-57(58)47-25-10-12-27-52(47)59(55)43-20-5-2-6-21-43/h1-37H. The Bertz CT molecular complexity index is 3860. The van der Waals surface area contributed by atoms with Crippen molar-refractivity contribution >= 4 is 76.2 Å². The van der Waals surface area contributed by atoms with Gasteiger partial charge in [-0.25, -0.2) is 0 Å². The lowest BCUT2D eigenvalue weighted by Gasteiger charge is -2.12. The predicted molar refractivity (Wildman–Crippen MR) is 258 cm³/mol. The van der Waals surface area contributed by atoms with E-state index in [1.165, 1.54) is 104 Å². The maximum Gasteiger partial charge on any atom is 0.0549 e. The molecule has 3 aromatic heterocycles. The highest BCUT2D eigenvalue weighted by molar-refractivity contribution is 6.29. The zero-order valence-electron chi connectivity index (χ0n) is 33.2. The van der Waals surface area contributed by atoms with E-state index in [0.717, 1.165) is 11.4 Å². The van der Waals surface area contributed by atoms with Gasteiger partial charge >= 0.3 is 0 Å². The van der Waals surface area contributed by atoms with Crippen LogP contribution in [0.5, 0.6) is 0 Å². The van der Waals surface area contributed by atoms with Gasteiger partial charge in [0, 0.05) is 49.1 Å². The lowest BCUT2D eigenvalue weighted by Crippen LogP contribution is -1.96. The molecule has 284 valence electrons. The van der Waals surface area contributed by atoms with E-state index < -0.39 is 0 Å². The van der Waals surface area contributed by atoms with Gasteiger partial charge < -0.3 is 13.7 Å². The normalized spacial score (nSPS) is 11.9. The van der Waals surface area contributed by atoms with E-state index in [1.807, 2.05) is 0 Å². The van der Waals surface area contributed by atoms with Crippen molar-refractivity contribution < 1.29 is 0 Å². The first-order chi connectivity index (χ1) is 30.3. The van der Waals surface area contributed by atoms with Crippen molar-refractivity contribution in [3.63, 3.8) is 0 Å². The second-order valence-corrected chi connectivity index (χ2v) is 16.1. The summed E-state index contributed by atoms with van der Waals surface area (Å²) in [5.74, 6) is 0. The molecule has 0 unspecified atom stereocenters. The quantitative estimate of drug-likeness (QED) is 0.165. The minimum atomic E-state index is 1.15. The van der Waals surface area contributed by atoms with Crippen LogP contribution in [0.1, 0.15) is 0 Å². The monoisotopic (exact) mass is 775 g/mol. The maximum atomic E-state index is 2.49. The molecule has 0 spiro atoms. The van der Waals surface area contributed by atoms with Gasteiger partial charge in [-0.3, -0.25) is 0 Å².